The second-order valence-corrected chi connectivity index (χ2v) is 6.72. The van der Waals surface area contributed by atoms with Crippen LogP contribution in [0.15, 0.2) is 17.8 Å². The normalized spacial score (nSPS) is 22.2. The van der Waals surface area contributed by atoms with Gasteiger partial charge >= 0.3 is 5.97 Å². The third-order valence-corrected chi connectivity index (χ3v) is 5.25. The van der Waals surface area contributed by atoms with E-state index in [0.29, 0.717) is 17.9 Å². The average molecular weight is 311 g/mol. The van der Waals surface area contributed by atoms with Crippen LogP contribution in [0.2, 0.25) is 0 Å². The molecule has 106 valence electrons. The molecule has 2 aromatic heterocycles. The van der Waals surface area contributed by atoms with E-state index in [-0.39, 0.29) is 12.3 Å². The predicted octanol–water partition coefficient (Wildman–Crippen LogP) is 1.01. The van der Waals surface area contributed by atoms with Gasteiger partial charge in [0.1, 0.15) is 5.54 Å². The molecule has 2 N–H and O–H groups in total. The minimum Gasteiger partial charge on any atom is -0.479 e. The Morgan fingerprint density at radius 2 is 2.40 bits per heavy atom. The zero-order valence-corrected chi connectivity index (χ0v) is 12.2. The molecule has 0 spiro atoms. The molecule has 1 atom stereocenters. The van der Waals surface area contributed by atoms with Crippen molar-refractivity contribution in [3.8, 4) is 0 Å². The van der Waals surface area contributed by atoms with Gasteiger partial charge in [-0.3, -0.25) is 9.20 Å². The van der Waals surface area contributed by atoms with Crippen LogP contribution >= 0.6 is 23.1 Å². The number of hydrogen-bond acceptors (Lipinski definition) is 5. The van der Waals surface area contributed by atoms with Crippen molar-refractivity contribution in [3.05, 3.63) is 23.5 Å². The number of nitrogens with one attached hydrogen (secondary N) is 1. The lowest BCUT2D eigenvalue weighted by Crippen LogP contribution is -2.55. The molecule has 1 amide bonds. The standard InChI is InChI=1S/C12H13N3O3S2/c16-9(14-12(10(17)18)1-3-19-7-12)5-8-6-15-2-4-20-11(15)13-8/h2,4,6H,1,3,5,7H2,(H,14,16)(H,17,18)/t12-/m0/s1. The van der Waals surface area contributed by atoms with Crippen molar-refractivity contribution in [2.75, 3.05) is 11.5 Å². The van der Waals surface area contributed by atoms with E-state index in [1.807, 2.05) is 16.0 Å². The van der Waals surface area contributed by atoms with Crippen molar-refractivity contribution < 1.29 is 14.7 Å². The number of hydrogen-bond donors (Lipinski definition) is 2. The van der Waals surface area contributed by atoms with E-state index in [1.165, 1.54) is 11.3 Å². The lowest BCUT2D eigenvalue weighted by molar-refractivity contribution is -0.146. The predicted molar refractivity (Wildman–Crippen MR) is 77.2 cm³/mol. The van der Waals surface area contributed by atoms with Gasteiger partial charge in [0.25, 0.3) is 0 Å². The average Bonchev–Trinajstić information content (AvgIpc) is 3.04. The van der Waals surface area contributed by atoms with Gasteiger partial charge in [0.05, 0.1) is 12.1 Å². The number of carbonyl (C=O) groups is 2. The Kier molecular flexibility index (Phi) is 3.43. The highest BCUT2D eigenvalue weighted by Gasteiger charge is 2.43. The first-order valence-corrected chi connectivity index (χ1v) is 8.16. The summed E-state index contributed by atoms with van der Waals surface area (Å²) in [6, 6.07) is 0. The smallest absolute Gasteiger partial charge is 0.330 e. The first kappa shape index (κ1) is 13.4. The summed E-state index contributed by atoms with van der Waals surface area (Å²) < 4.78 is 1.85. The molecule has 1 aliphatic rings. The van der Waals surface area contributed by atoms with Crippen molar-refractivity contribution in [2.45, 2.75) is 18.4 Å². The van der Waals surface area contributed by atoms with E-state index >= 15 is 0 Å². The highest BCUT2D eigenvalue weighted by molar-refractivity contribution is 7.99. The number of amides is 1. The van der Waals surface area contributed by atoms with Crippen LogP contribution in [0, 0.1) is 0 Å². The molecule has 3 heterocycles. The quantitative estimate of drug-likeness (QED) is 0.880. The van der Waals surface area contributed by atoms with Crippen LogP contribution < -0.4 is 5.32 Å². The number of fused-ring (bicyclic) bond motifs is 1. The molecule has 0 radical (unpaired) electrons. The van der Waals surface area contributed by atoms with Gasteiger partial charge < -0.3 is 10.4 Å². The minimum absolute atomic E-state index is 0.105. The van der Waals surface area contributed by atoms with E-state index in [0.717, 1.165) is 10.7 Å². The SMILES string of the molecule is O=C(Cc1cn2ccsc2n1)N[C@@]1(C(=O)O)CCSC1. The third kappa shape index (κ3) is 2.40. The molecule has 2 aromatic rings. The van der Waals surface area contributed by atoms with E-state index < -0.39 is 11.5 Å². The summed E-state index contributed by atoms with van der Waals surface area (Å²) in [6.45, 7) is 0. The lowest BCUT2D eigenvalue weighted by atomic mass is 9.99. The van der Waals surface area contributed by atoms with Crippen molar-refractivity contribution >= 4 is 39.9 Å². The van der Waals surface area contributed by atoms with Crippen molar-refractivity contribution in [2.24, 2.45) is 0 Å². The second-order valence-electron chi connectivity index (χ2n) is 4.74. The third-order valence-electron chi connectivity index (χ3n) is 3.29. The molecule has 3 rings (SSSR count). The molecule has 8 heteroatoms. The number of imidazole rings is 1. The van der Waals surface area contributed by atoms with Crippen molar-refractivity contribution in [1.82, 2.24) is 14.7 Å². The van der Waals surface area contributed by atoms with Crippen LogP contribution in [-0.2, 0) is 16.0 Å². The molecular formula is C12H13N3O3S2. The van der Waals surface area contributed by atoms with Crippen LogP contribution in [0.1, 0.15) is 12.1 Å². The molecule has 20 heavy (non-hydrogen) atoms. The summed E-state index contributed by atoms with van der Waals surface area (Å²) in [7, 11) is 0. The maximum Gasteiger partial charge on any atom is 0.330 e. The van der Waals surface area contributed by atoms with E-state index in [2.05, 4.69) is 10.3 Å². The number of carbonyl (C=O) groups excluding carboxylic acids is 1. The van der Waals surface area contributed by atoms with Crippen LogP contribution in [0.25, 0.3) is 4.96 Å². The number of carboxylic acid groups (broad SMARTS) is 1. The summed E-state index contributed by atoms with van der Waals surface area (Å²) in [5.41, 5.74) is -0.459. The van der Waals surface area contributed by atoms with E-state index in [9.17, 15) is 14.7 Å². The zero-order chi connectivity index (χ0) is 14.2. The van der Waals surface area contributed by atoms with Crippen LogP contribution in [-0.4, -0.2) is 43.4 Å². The van der Waals surface area contributed by atoms with Crippen LogP contribution in [0.3, 0.4) is 0 Å². The molecule has 0 aromatic carbocycles. The number of aromatic nitrogens is 2. The molecule has 0 bridgehead atoms. The summed E-state index contributed by atoms with van der Waals surface area (Å²) in [5.74, 6) is -0.0681. The van der Waals surface area contributed by atoms with Gasteiger partial charge in [-0.25, -0.2) is 9.78 Å². The number of carboxylic acids is 1. The molecule has 0 saturated carbocycles. The van der Waals surface area contributed by atoms with Gasteiger partial charge in [-0.1, -0.05) is 0 Å². The highest BCUT2D eigenvalue weighted by atomic mass is 32.2. The Balaban J connectivity index is 1.70. The first-order valence-electron chi connectivity index (χ1n) is 6.12. The van der Waals surface area contributed by atoms with Gasteiger partial charge in [0, 0.05) is 23.5 Å². The molecule has 0 aliphatic carbocycles. The Morgan fingerprint density at radius 3 is 3.05 bits per heavy atom. The van der Waals surface area contributed by atoms with Gasteiger partial charge in [0.2, 0.25) is 5.91 Å². The summed E-state index contributed by atoms with van der Waals surface area (Å²) >= 11 is 3.04. The van der Waals surface area contributed by atoms with Gasteiger partial charge in [0.15, 0.2) is 4.96 Å². The fraction of sp³-hybridized carbons (Fsp3) is 0.417. The molecule has 1 fully saturated rings. The Labute approximate surface area is 123 Å². The zero-order valence-electron chi connectivity index (χ0n) is 10.5. The summed E-state index contributed by atoms with van der Waals surface area (Å²) in [4.78, 5) is 28.6. The Hall–Kier alpha value is -1.54. The number of thioether (sulfide) groups is 1. The Bertz CT molecular complexity index is 629. The van der Waals surface area contributed by atoms with Crippen molar-refractivity contribution in [3.63, 3.8) is 0 Å². The van der Waals surface area contributed by atoms with Crippen molar-refractivity contribution in [1.29, 1.82) is 0 Å². The van der Waals surface area contributed by atoms with Crippen LogP contribution in [0.4, 0.5) is 0 Å². The first-order chi connectivity index (χ1) is 9.59. The van der Waals surface area contributed by atoms with Gasteiger partial charge in [-0.2, -0.15) is 11.8 Å². The topological polar surface area (TPSA) is 83.7 Å². The van der Waals surface area contributed by atoms with Crippen LogP contribution in [0.5, 0.6) is 0 Å². The number of rotatable bonds is 4. The number of thiazole rings is 1. The molecule has 6 nitrogen and oxygen atoms in total. The number of nitrogens with zero attached hydrogens (tertiary/aromatic N) is 2. The highest BCUT2D eigenvalue weighted by Crippen LogP contribution is 2.28. The molecular weight excluding hydrogens is 298 g/mol. The lowest BCUT2D eigenvalue weighted by Gasteiger charge is -2.24. The summed E-state index contributed by atoms with van der Waals surface area (Å²) in [5, 5.41) is 13.9. The monoisotopic (exact) mass is 311 g/mol. The fourth-order valence-electron chi connectivity index (χ4n) is 2.22. The van der Waals surface area contributed by atoms with Gasteiger partial charge in [-0.15, -0.1) is 11.3 Å². The molecule has 0 unspecified atom stereocenters. The minimum atomic E-state index is -1.11. The fourth-order valence-corrected chi connectivity index (χ4v) is 4.27. The molecule has 1 saturated heterocycles. The van der Waals surface area contributed by atoms with Gasteiger partial charge in [-0.05, 0) is 12.2 Å². The largest absolute Gasteiger partial charge is 0.479 e. The molecule has 1 aliphatic heterocycles. The van der Waals surface area contributed by atoms with E-state index in [4.69, 9.17) is 0 Å². The summed E-state index contributed by atoms with van der Waals surface area (Å²) in [6.07, 6.45) is 4.24. The second kappa shape index (κ2) is 5.10. The maximum atomic E-state index is 12.0. The van der Waals surface area contributed by atoms with E-state index in [1.54, 1.807) is 18.0 Å². The number of aliphatic carboxylic acids is 1. The maximum absolute atomic E-state index is 12.0. The Morgan fingerprint density at radius 1 is 1.55 bits per heavy atom.